The first-order valence-corrected chi connectivity index (χ1v) is 8.48. The van der Waals surface area contributed by atoms with Crippen molar-refractivity contribution in [2.45, 2.75) is 26.8 Å². The van der Waals surface area contributed by atoms with E-state index in [0.717, 1.165) is 10.2 Å². The van der Waals surface area contributed by atoms with Gasteiger partial charge >= 0.3 is 0 Å². The highest BCUT2D eigenvalue weighted by Crippen LogP contribution is 2.23. The molecule has 0 radical (unpaired) electrons. The monoisotopic (exact) mass is 392 g/mol. The zero-order valence-corrected chi connectivity index (χ0v) is 15.5. The van der Waals surface area contributed by atoms with Crippen molar-refractivity contribution in [3.8, 4) is 0 Å². The fourth-order valence-corrected chi connectivity index (χ4v) is 2.35. The molecule has 0 saturated carbocycles. The lowest BCUT2D eigenvalue weighted by molar-refractivity contribution is 0.101. The Balaban J connectivity index is 2.16. The zero-order valence-electron chi connectivity index (χ0n) is 13.9. The van der Waals surface area contributed by atoms with Crippen LogP contribution >= 0.6 is 15.9 Å². The van der Waals surface area contributed by atoms with E-state index in [4.69, 9.17) is 0 Å². The number of benzene rings is 1. The summed E-state index contributed by atoms with van der Waals surface area (Å²) < 4.78 is 0.721. The second-order valence-corrected chi connectivity index (χ2v) is 6.68. The molecule has 128 valence electrons. The van der Waals surface area contributed by atoms with Crippen molar-refractivity contribution in [3.63, 3.8) is 0 Å². The molecule has 2 aromatic rings. The largest absolute Gasteiger partial charge is 0.394 e. The maximum Gasteiger partial charge on any atom is 0.229 e. The summed E-state index contributed by atoms with van der Waals surface area (Å²) >= 11 is 3.41. The van der Waals surface area contributed by atoms with Crippen LogP contribution in [0.2, 0.25) is 0 Å². The van der Waals surface area contributed by atoms with Crippen molar-refractivity contribution in [2.24, 2.45) is 5.92 Å². The van der Waals surface area contributed by atoms with Crippen molar-refractivity contribution >= 4 is 39.2 Å². The number of halogens is 1. The predicted octanol–water partition coefficient (Wildman–Crippen LogP) is 3.61. The summed E-state index contributed by atoms with van der Waals surface area (Å²) in [5.41, 5.74) is 1.44. The molecule has 1 atom stereocenters. The number of rotatable bonds is 7. The van der Waals surface area contributed by atoms with Crippen LogP contribution in [-0.4, -0.2) is 33.5 Å². The van der Waals surface area contributed by atoms with E-state index < -0.39 is 0 Å². The number of hydrogen-bond donors (Lipinski definition) is 3. The van der Waals surface area contributed by atoms with E-state index in [2.05, 4.69) is 36.5 Å². The first-order valence-electron chi connectivity index (χ1n) is 7.68. The van der Waals surface area contributed by atoms with Crippen LogP contribution < -0.4 is 10.6 Å². The van der Waals surface area contributed by atoms with E-state index in [0.29, 0.717) is 17.3 Å². The Hall–Kier alpha value is -1.99. The minimum atomic E-state index is -0.0982. The first kappa shape index (κ1) is 18.4. The molecule has 7 heteroatoms. The average Bonchev–Trinajstić information content (AvgIpc) is 2.55. The van der Waals surface area contributed by atoms with Gasteiger partial charge in [-0.1, -0.05) is 13.8 Å². The van der Waals surface area contributed by atoms with Crippen LogP contribution in [0.25, 0.3) is 0 Å². The van der Waals surface area contributed by atoms with Crippen LogP contribution in [0.5, 0.6) is 0 Å². The first-order chi connectivity index (χ1) is 11.4. The lowest BCUT2D eigenvalue weighted by atomic mass is 10.1. The summed E-state index contributed by atoms with van der Waals surface area (Å²) in [7, 11) is 0. The molecule has 0 fully saturated rings. The minimum absolute atomic E-state index is 0.0172. The Labute approximate surface area is 149 Å². The number of nitrogens with one attached hydrogen (secondary N) is 2. The number of hydrogen-bond acceptors (Lipinski definition) is 6. The van der Waals surface area contributed by atoms with Crippen LogP contribution in [0, 0.1) is 5.92 Å². The summed E-state index contributed by atoms with van der Waals surface area (Å²) in [6.07, 6.45) is 1.65. The number of aliphatic hydroxyl groups excluding tert-OH is 1. The molecule has 0 unspecified atom stereocenters. The van der Waals surface area contributed by atoms with Crippen molar-refractivity contribution < 1.29 is 9.90 Å². The Kier molecular flexibility index (Phi) is 6.28. The summed E-state index contributed by atoms with van der Waals surface area (Å²) in [5.74, 6) is 1.32. The van der Waals surface area contributed by atoms with Crippen molar-refractivity contribution in [1.29, 1.82) is 0 Å². The number of ketones is 1. The van der Waals surface area contributed by atoms with E-state index in [1.807, 2.05) is 13.8 Å². The molecule has 1 heterocycles. The number of aromatic nitrogens is 2. The maximum absolute atomic E-state index is 11.3. The highest BCUT2D eigenvalue weighted by atomic mass is 79.9. The van der Waals surface area contributed by atoms with E-state index in [9.17, 15) is 9.90 Å². The molecule has 0 spiro atoms. The van der Waals surface area contributed by atoms with E-state index in [1.54, 1.807) is 30.5 Å². The summed E-state index contributed by atoms with van der Waals surface area (Å²) in [4.78, 5) is 20.0. The Morgan fingerprint density at radius 3 is 2.50 bits per heavy atom. The third-order valence-electron chi connectivity index (χ3n) is 3.62. The molecule has 6 nitrogen and oxygen atoms in total. The quantitative estimate of drug-likeness (QED) is 0.623. The molecular formula is C17H21BrN4O2. The standard InChI is InChI=1S/C17H21BrN4O2/c1-10(2)15(9-23)21-16-14(18)8-19-17(22-16)20-13-6-4-12(5-7-13)11(3)24/h4-8,10,15,23H,9H2,1-3H3,(H2,19,20,21,22)/t15-/m1/s1. The van der Waals surface area contributed by atoms with Crippen molar-refractivity contribution in [3.05, 3.63) is 40.5 Å². The van der Waals surface area contributed by atoms with Crippen LogP contribution in [0.3, 0.4) is 0 Å². The number of aliphatic hydroxyl groups is 1. The van der Waals surface area contributed by atoms with Crippen molar-refractivity contribution in [1.82, 2.24) is 9.97 Å². The molecule has 2 rings (SSSR count). The topological polar surface area (TPSA) is 87.1 Å². The Morgan fingerprint density at radius 2 is 1.96 bits per heavy atom. The van der Waals surface area contributed by atoms with Gasteiger partial charge in [0.2, 0.25) is 5.95 Å². The third kappa shape index (κ3) is 4.75. The van der Waals surface area contributed by atoms with Crippen LogP contribution in [0.15, 0.2) is 34.9 Å². The number of carbonyl (C=O) groups is 1. The Morgan fingerprint density at radius 1 is 1.29 bits per heavy atom. The fourth-order valence-electron chi connectivity index (χ4n) is 2.04. The van der Waals surface area contributed by atoms with Gasteiger partial charge in [-0.25, -0.2) is 4.98 Å². The molecule has 0 amide bonds. The second kappa shape index (κ2) is 8.21. The third-order valence-corrected chi connectivity index (χ3v) is 4.20. The van der Waals surface area contributed by atoms with Gasteiger partial charge in [0.15, 0.2) is 5.78 Å². The molecule has 3 N–H and O–H groups in total. The molecule has 1 aromatic heterocycles. The summed E-state index contributed by atoms with van der Waals surface area (Å²) in [6, 6.07) is 7.02. The zero-order chi connectivity index (χ0) is 17.7. The molecule has 0 aliphatic heterocycles. The minimum Gasteiger partial charge on any atom is -0.394 e. The van der Waals surface area contributed by atoms with Gasteiger partial charge in [0, 0.05) is 17.4 Å². The summed E-state index contributed by atoms with van der Waals surface area (Å²) in [6.45, 7) is 5.60. The molecule has 24 heavy (non-hydrogen) atoms. The SMILES string of the molecule is CC(=O)c1ccc(Nc2ncc(Br)c(N[C@H](CO)C(C)C)n2)cc1. The van der Waals surface area contributed by atoms with Gasteiger partial charge < -0.3 is 15.7 Å². The van der Waals surface area contributed by atoms with Crippen LogP contribution in [-0.2, 0) is 0 Å². The number of anilines is 3. The highest BCUT2D eigenvalue weighted by Gasteiger charge is 2.15. The number of carbonyl (C=O) groups excluding carboxylic acids is 1. The normalized spacial score (nSPS) is 12.1. The van der Waals surface area contributed by atoms with Gasteiger partial charge in [0.25, 0.3) is 0 Å². The van der Waals surface area contributed by atoms with Crippen LogP contribution in [0.1, 0.15) is 31.1 Å². The maximum atomic E-state index is 11.3. The van der Waals surface area contributed by atoms with Gasteiger partial charge in [0.05, 0.1) is 17.1 Å². The van der Waals surface area contributed by atoms with Gasteiger partial charge in [0.1, 0.15) is 5.82 Å². The Bertz CT molecular complexity index is 704. The molecule has 1 aromatic carbocycles. The average molecular weight is 393 g/mol. The molecule has 0 aliphatic carbocycles. The molecular weight excluding hydrogens is 372 g/mol. The van der Waals surface area contributed by atoms with Crippen molar-refractivity contribution in [2.75, 3.05) is 17.2 Å². The lowest BCUT2D eigenvalue weighted by Gasteiger charge is -2.21. The van der Waals surface area contributed by atoms with E-state index >= 15 is 0 Å². The van der Waals surface area contributed by atoms with Gasteiger partial charge in [-0.3, -0.25) is 4.79 Å². The smallest absolute Gasteiger partial charge is 0.229 e. The fraction of sp³-hybridized carbons (Fsp3) is 0.353. The van der Waals surface area contributed by atoms with Gasteiger partial charge in [-0.15, -0.1) is 0 Å². The highest BCUT2D eigenvalue weighted by molar-refractivity contribution is 9.10. The van der Waals surface area contributed by atoms with Gasteiger partial charge in [-0.2, -0.15) is 4.98 Å². The lowest BCUT2D eigenvalue weighted by Crippen LogP contribution is -2.30. The number of Topliss-reactive ketones (excluding diaryl/α,β-unsaturated/α-hetero) is 1. The van der Waals surface area contributed by atoms with E-state index in [1.165, 1.54) is 6.92 Å². The second-order valence-electron chi connectivity index (χ2n) is 5.83. The van der Waals surface area contributed by atoms with Crippen LogP contribution in [0.4, 0.5) is 17.5 Å². The molecule has 0 bridgehead atoms. The van der Waals surface area contributed by atoms with Gasteiger partial charge in [-0.05, 0) is 53.0 Å². The predicted molar refractivity (Wildman–Crippen MR) is 98.8 cm³/mol. The molecule has 0 saturated heterocycles. The molecule has 0 aliphatic rings. The summed E-state index contributed by atoms with van der Waals surface area (Å²) in [5, 5.41) is 15.8. The number of nitrogens with zero attached hydrogens (tertiary/aromatic N) is 2. The van der Waals surface area contributed by atoms with E-state index in [-0.39, 0.29) is 24.3 Å².